The molecule has 0 saturated carbocycles. The van der Waals surface area contributed by atoms with Crippen molar-refractivity contribution in [2.24, 2.45) is 7.05 Å². The molecule has 2 aromatic heterocycles. The minimum absolute atomic E-state index is 0.352. The van der Waals surface area contributed by atoms with Crippen molar-refractivity contribution in [2.45, 2.75) is 38.8 Å². The molecule has 1 atom stereocenters. The van der Waals surface area contributed by atoms with Crippen LogP contribution < -0.4 is 5.32 Å². The number of nitrogens with one attached hydrogen (secondary N) is 1. The standard InChI is InChI=1S/C15H22N4/c1-3-4-7-14(13-6-5-8-16-11-13)18-12-15-17-9-10-19(15)2/h5-6,8-11,14,18H,3-4,7,12H2,1-2H3. The fourth-order valence-corrected chi connectivity index (χ4v) is 2.16. The van der Waals surface area contributed by atoms with Crippen molar-refractivity contribution >= 4 is 0 Å². The summed E-state index contributed by atoms with van der Waals surface area (Å²) in [4.78, 5) is 8.56. The summed E-state index contributed by atoms with van der Waals surface area (Å²) in [5.41, 5.74) is 1.25. The predicted octanol–water partition coefficient (Wildman–Crippen LogP) is 2.84. The maximum Gasteiger partial charge on any atom is 0.122 e. The number of rotatable bonds is 7. The zero-order valence-electron chi connectivity index (χ0n) is 11.7. The van der Waals surface area contributed by atoms with E-state index in [0.717, 1.165) is 18.8 Å². The molecule has 0 aliphatic carbocycles. The number of aromatic nitrogens is 3. The third-order valence-corrected chi connectivity index (χ3v) is 3.36. The fourth-order valence-electron chi connectivity index (χ4n) is 2.16. The third-order valence-electron chi connectivity index (χ3n) is 3.36. The highest BCUT2D eigenvalue weighted by Crippen LogP contribution is 2.18. The van der Waals surface area contributed by atoms with Gasteiger partial charge in [0, 0.05) is 37.9 Å². The second kappa shape index (κ2) is 7.04. The molecule has 0 aliphatic rings. The Hall–Kier alpha value is -1.68. The molecule has 2 heterocycles. The number of hydrogen-bond acceptors (Lipinski definition) is 3. The van der Waals surface area contributed by atoms with E-state index in [1.165, 1.54) is 18.4 Å². The zero-order valence-corrected chi connectivity index (χ0v) is 11.7. The van der Waals surface area contributed by atoms with Crippen LogP contribution >= 0.6 is 0 Å². The molecular weight excluding hydrogens is 236 g/mol. The van der Waals surface area contributed by atoms with Crippen LogP contribution in [0, 0.1) is 0 Å². The highest BCUT2D eigenvalue weighted by atomic mass is 15.1. The summed E-state index contributed by atoms with van der Waals surface area (Å²) >= 11 is 0. The molecule has 0 aliphatic heterocycles. The van der Waals surface area contributed by atoms with Gasteiger partial charge in [-0.25, -0.2) is 4.98 Å². The Labute approximate surface area is 114 Å². The molecule has 0 amide bonds. The Bertz CT molecular complexity index is 478. The highest BCUT2D eigenvalue weighted by molar-refractivity contribution is 5.14. The smallest absolute Gasteiger partial charge is 0.122 e. The number of unbranched alkanes of at least 4 members (excludes halogenated alkanes) is 1. The van der Waals surface area contributed by atoms with E-state index in [4.69, 9.17) is 0 Å². The lowest BCUT2D eigenvalue weighted by molar-refractivity contribution is 0.468. The summed E-state index contributed by atoms with van der Waals surface area (Å²) in [6.07, 6.45) is 11.1. The molecule has 0 radical (unpaired) electrons. The number of imidazole rings is 1. The lowest BCUT2D eigenvalue weighted by Gasteiger charge is -2.18. The lowest BCUT2D eigenvalue weighted by atomic mass is 10.0. The summed E-state index contributed by atoms with van der Waals surface area (Å²) in [5, 5.41) is 3.59. The summed E-state index contributed by atoms with van der Waals surface area (Å²) in [7, 11) is 2.02. The molecule has 0 aromatic carbocycles. The van der Waals surface area contributed by atoms with E-state index in [-0.39, 0.29) is 0 Å². The van der Waals surface area contributed by atoms with E-state index in [2.05, 4.69) is 28.3 Å². The Morgan fingerprint density at radius 1 is 1.37 bits per heavy atom. The van der Waals surface area contributed by atoms with Gasteiger partial charge in [-0.2, -0.15) is 0 Å². The highest BCUT2D eigenvalue weighted by Gasteiger charge is 2.11. The maximum absolute atomic E-state index is 4.35. The zero-order chi connectivity index (χ0) is 13.5. The van der Waals surface area contributed by atoms with Gasteiger partial charge in [-0.1, -0.05) is 25.8 Å². The van der Waals surface area contributed by atoms with E-state index < -0.39 is 0 Å². The molecule has 19 heavy (non-hydrogen) atoms. The molecule has 2 rings (SSSR count). The summed E-state index contributed by atoms with van der Waals surface area (Å²) < 4.78 is 2.05. The van der Waals surface area contributed by atoms with Gasteiger partial charge in [0.1, 0.15) is 5.82 Å². The number of hydrogen-bond donors (Lipinski definition) is 1. The minimum atomic E-state index is 0.352. The van der Waals surface area contributed by atoms with Gasteiger partial charge < -0.3 is 9.88 Å². The van der Waals surface area contributed by atoms with Gasteiger partial charge in [-0.05, 0) is 18.1 Å². The monoisotopic (exact) mass is 258 g/mol. The van der Waals surface area contributed by atoms with Crippen LogP contribution in [0.15, 0.2) is 36.9 Å². The first-order valence-electron chi connectivity index (χ1n) is 6.90. The van der Waals surface area contributed by atoms with E-state index >= 15 is 0 Å². The molecule has 1 N–H and O–H groups in total. The average molecular weight is 258 g/mol. The molecule has 0 bridgehead atoms. The maximum atomic E-state index is 4.35. The van der Waals surface area contributed by atoms with Crippen molar-refractivity contribution < 1.29 is 0 Å². The molecule has 0 fully saturated rings. The van der Waals surface area contributed by atoms with Gasteiger partial charge in [-0.3, -0.25) is 4.98 Å². The fraction of sp³-hybridized carbons (Fsp3) is 0.467. The molecule has 4 nitrogen and oxygen atoms in total. The molecule has 2 aromatic rings. The van der Waals surface area contributed by atoms with E-state index in [1.54, 1.807) is 0 Å². The third kappa shape index (κ3) is 3.89. The van der Waals surface area contributed by atoms with Gasteiger partial charge >= 0.3 is 0 Å². The average Bonchev–Trinajstić information content (AvgIpc) is 2.85. The summed E-state index contributed by atoms with van der Waals surface area (Å²) in [5.74, 6) is 1.06. The van der Waals surface area contributed by atoms with Gasteiger partial charge in [0.25, 0.3) is 0 Å². The van der Waals surface area contributed by atoms with Crippen LogP contribution in [0.1, 0.15) is 43.6 Å². The number of pyridine rings is 1. The normalized spacial score (nSPS) is 12.5. The first-order valence-corrected chi connectivity index (χ1v) is 6.90. The van der Waals surface area contributed by atoms with Gasteiger partial charge in [-0.15, -0.1) is 0 Å². The second-order valence-electron chi connectivity index (χ2n) is 4.82. The molecule has 0 saturated heterocycles. The molecule has 1 unspecified atom stereocenters. The van der Waals surface area contributed by atoms with Crippen LogP contribution in [0.2, 0.25) is 0 Å². The van der Waals surface area contributed by atoms with Crippen LogP contribution in [-0.4, -0.2) is 14.5 Å². The second-order valence-corrected chi connectivity index (χ2v) is 4.82. The van der Waals surface area contributed by atoms with Crippen molar-refractivity contribution in [1.82, 2.24) is 19.9 Å². The first kappa shape index (κ1) is 13.7. The summed E-state index contributed by atoms with van der Waals surface area (Å²) in [6, 6.07) is 4.49. The van der Waals surface area contributed by atoms with Gasteiger partial charge in [0.15, 0.2) is 0 Å². The van der Waals surface area contributed by atoms with Crippen molar-refractivity contribution in [3.63, 3.8) is 0 Å². The van der Waals surface area contributed by atoms with E-state index in [9.17, 15) is 0 Å². The lowest BCUT2D eigenvalue weighted by Crippen LogP contribution is -2.22. The van der Waals surface area contributed by atoms with Crippen LogP contribution in [0.25, 0.3) is 0 Å². The first-order chi connectivity index (χ1) is 9.31. The van der Waals surface area contributed by atoms with E-state index in [1.807, 2.05) is 42.5 Å². The number of nitrogens with zero attached hydrogens (tertiary/aromatic N) is 3. The molecule has 0 spiro atoms. The van der Waals surface area contributed by atoms with Crippen LogP contribution in [0.3, 0.4) is 0 Å². The number of aryl methyl sites for hydroxylation is 1. The van der Waals surface area contributed by atoms with Crippen molar-refractivity contribution in [3.8, 4) is 0 Å². The molecular formula is C15H22N4. The molecule has 4 heteroatoms. The van der Waals surface area contributed by atoms with Crippen molar-refractivity contribution in [2.75, 3.05) is 0 Å². The predicted molar refractivity (Wildman–Crippen MR) is 76.6 cm³/mol. The SMILES string of the molecule is CCCCC(NCc1nccn1C)c1cccnc1. The quantitative estimate of drug-likeness (QED) is 0.830. The van der Waals surface area contributed by atoms with Crippen LogP contribution in [-0.2, 0) is 13.6 Å². The topological polar surface area (TPSA) is 42.7 Å². The van der Waals surface area contributed by atoms with Crippen molar-refractivity contribution in [3.05, 3.63) is 48.3 Å². The Kier molecular flexibility index (Phi) is 5.10. The van der Waals surface area contributed by atoms with Gasteiger partial charge in [0.05, 0.1) is 6.54 Å². The van der Waals surface area contributed by atoms with E-state index in [0.29, 0.717) is 6.04 Å². The Balaban J connectivity index is 2.00. The van der Waals surface area contributed by atoms with Gasteiger partial charge in [0.2, 0.25) is 0 Å². The van der Waals surface area contributed by atoms with Crippen molar-refractivity contribution in [1.29, 1.82) is 0 Å². The Morgan fingerprint density at radius 3 is 2.89 bits per heavy atom. The summed E-state index contributed by atoms with van der Waals surface area (Å²) in [6.45, 7) is 3.01. The molecule has 102 valence electrons. The minimum Gasteiger partial charge on any atom is -0.337 e. The largest absolute Gasteiger partial charge is 0.337 e. The van der Waals surface area contributed by atoms with Crippen LogP contribution in [0.4, 0.5) is 0 Å². The Morgan fingerprint density at radius 2 is 2.26 bits per heavy atom. The van der Waals surface area contributed by atoms with Crippen LogP contribution in [0.5, 0.6) is 0 Å².